The second kappa shape index (κ2) is 11.6. The molecule has 1 atom stereocenters. The van der Waals surface area contributed by atoms with E-state index >= 15 is 0 Å². The Morgan fingerprint density at radius 3 is 2.34 bits per heavy atom. The Balaban J connectivity index is 1.57. The molecule has 0 aromatic heterocycles. The average molecular weight is 544 g/mol. The molecule has 0 saturated carbocycles. The van der Waals surface area contributed by atoms with Crippen molar-refractivity contribution < 1.29 is 26.4 Å². The minimum atomic E-state index is -3.76. The fraction of sp³-hybridized carbons (Fsp3) is 0.435. The van der Waals surface area contributed by atoms with Crippen molar-refractivity contribution >= 4 is 43.2 Å². The number of rotatable bonds is 11. The maximum absolute atomic E-state index is 12.8. The van der Waals surface area contributed by atoms with E-state index in [9.17, 15) is 21.6 Å². The lowest BCUT2D eigenvalue weighted by Gasteiger charge is -2.30. The van der Waals surface area contributed by atoms with Gasteiger partial charge in [-0.3, -0.25) is 9.10 Å². The Labute approximate surface area is 212 Å². The molecule has 2 aromatic carbocycles. The third-order valence-corrected chi connectivity index (χ3v) is 8.92. The summed E-state index contributed by atoms with van der Waals surface area (Å²) in [5.74, 6) is -0.00286. The molecule has 3 rings (SSSR count). The topological polar surface area (TPSA) is 113 Å². The van der Waals surface area contributed by atoms with Crippen LogP contribution in [0.3, 0.4) is 0 Å². The van der Waals surface area contributed by atoms with Gasteiger partial charge < -0.3 is 10.1 Å². The van der Waals surface area contributed by atoms with Crippen LogP contribution in [0.2, 0.25) is 5.02 Å². The Morgan fingerprint density at radius 1 is 1.11 bits per heavy atom. The number of carbonyl (C=O) groups is 1. The Bertz CT molecular complexity index is 1230. The predicted molar refractivity (Wildman–Crippen MR) is 136 cm³/mol. The van der Waals surface area contributed by atoms with Gasteiger partial charge in [0.05, 0.1) is 23.4 Å². The molecule has 1 aliphatic heterocycles. The van der Waals surface area contributed by atoms with Crippen LogP contribution >= 0.6 is 11.6 Å². The van der Waals surface area contributed by atoms with E-state index in [2.05, 4.69) is 5.32 Å². The number of ether oxygens (including phenoxy) is 1. The molecular weight excluding hydrogens is 514 g/mol. The number of anilines is 1. The molecular formula is C23H30ClN3O6S2. The monoisotopic (exact) mass is 543 g/mol. The van der Waals surface area contributed by atoms with Crippen molar-refractivity contribution in [3.8, 4) is 5.75 Å². The minimum absolute atomic E-state index is 0.121. The Morgan fingerprint density at radius 2 is 1.77 bits per heavy atom. The predicted octanol–water partition coefficient (Wildman–Crippen LogP) is 2.86. The summed E-state index contributed by atoms with van der Waals surface area (Å²) < 4.78 is 58.3. The molecule has 0 radical (unpaired) electrons. The molecule has 0 bridgehead atoms. The highest BCUT2D eigenvalue weighted by molar-refractivity contribution is 7.92. The zero-order valence-electron chi connectivity index (χ0n) is 19.7. The van der Waals surface area contributed by atoms with Crippen molar-refractivity contribution in [2.75, 3.05) is 36.8 Å². The molecule has 2 aromatic rings. The molecule has 192 valence electrons. The summed E-state index contributed by atoms with van der Waals surface area (Å²) in [5.41, 5.74) is 0.308. The van der Waals surface area contributed by atoms with E-state index in [1.165, 1.54) is 22.5 Å². The summed E-state index contributed by atoms with van der Waals surface area (Å²) in [7, 11) is -7.25. The second-order valence-corrected chi connectivity index (χ2v) is 12.4. The smallest absolute Gasteiger partial charge is 0.244 e. The largest absolute Gasteiger partial charge is 0.492 e. The van der Waals surface area contributed by atoms with Gasteiger partial charge in [0.1, 0.15) is 18.4 Å². The number of carbonyl (C=O) groups excluding carboxylic acids is 1. The van der Waals surface area contributed by atoms with Gasteiger partial charge in [0, 0.05) is 18.1 Å². The normalized spacial score (nSPS) is 15.5. The summed E-state index contributed by atoms with van der Waals surface area (Å²) in [6, 6.07) is 11.5. The van der Waals surface area contributed by atoms with Gasteiger partial charge in [-0.05, 0) is 61.7 Å². The summed E-state index contributed by atoms with van der Waals surface area (Å²) in [4.78, 5) is 13.1. The van der Waals surface area contributed by atoms with E-state index in [1.807, 2.05) is 0 Å². The molecule has 12 heteroatoms. The van der Waals surface area contributed by atoms with E-state index in [0.29, 0.717) is 29.5 Å². The maximum atomic E-state index is 12.8. The summed E-state index contributed by atoms with van der Waals surface area (Å²) >= 11 is 6.02. The first-order valence-electron chi connectivity index (χ1n) is 11.3. The van der Waals surface area contributed by atoms with Crippen molar-refractivity contribution in [1.29, 1.82) is 0 Å². The van der Waals surface area contributed by atoms with Gasteiger partial charge in [-0.2, -0.15) is 4.31 Å². The standard InChI is InChI=1S/C23H30ClN3O6S2/c1-3-22(27(34(2,29)30)19-8-6-7-18(24)17-19)23(28)25-13-16-33-20-9-11-21(12-10-20)35(31,32)26-14-4-5-15-26/h6-12,17,22H,3-5,13-16H2,1-2H3,(H,25,28)/t22-/m1/s1. The molecule has 1 fully saturated rings. The molecule has 1 amide bonds. The van der Waals surface area contributed by atoms with Gasteiger partial charge >= 0.3 is 0 Å². The van der Waals surface area contributed by atoms with E-state index in [0.717, 1.165) is 23.4 Å². The quantitative estimate of drug-likeness (QED) is 0.436. The summed E-state index contributed by atoms with van der Waals surface area (Å²) in [6.07, 6.45) is 3.03. The molecule has 35 heavy (non-hydrogen) atoms. The number of nitrogens with zero attached hydrogens (tertiary/aromatic N) is 2. The first-order valence-corrected chi connectivity index (χ1v) is 15.0. The van der Waals surface area contributed by atoms with Crippen LogP contribution in [0, 0.1) is 0 Å². The Hall–Kier alpha value is -2.34. The summed E-state index contributed by atoms with van der Waals surface area (Å²) in [6.45, 7) is 3.05. The lowest BCUT2D eigenvalue weighted by molar-refractivity contribution is -0.122. The van der Waals surface area contributed by atoms with E-state index < -0.39 is 32.0 Å². The number of hydrogen-bond donors (Lipinski definition) is 1. The van der Waals surface area contributed by atoms with E-state index in [1.54, 1.807) is 37.3 Å². The van der Waals surface area contributed by atoms with Crippen LogP contribution in [0.1, 0.15) is 26.2 Å². The van der Waals surface area contributed by atoms with Crippen molar-refractivity contribution in [2.45, 2.75) is 37.1 Å². The average Bonchev–Trinajstić information content (AvgIpc) is 3.35. The first kappa shape index (κ1) is 27.3. The van der Waals surface area contributed by atoms with E-state index in [-0.39, 0.29) is 24.5 Å². The van der Waals surface area contributed by atoms with Crippen LogP contribution in [0.15, 0.2) is 53.4 Å². The minimum Gasteiger partial charge on any atom is -0.492 e. The van der Waals surface area contributed by atoms with Crippen molar-refractivity contribution in [2.24, 2.45) is 0 Å². The number of benzene rings is 2. The Kier molecular flexibility index (Phi) is 9.03. The van der Waals surface area contributed by atoms with Crippen LogP contribution < -0.4 is 14.4 Å². The number of hydrogen-bond acceptors (Lipinski definition) is 6. The third kappa shape index (κ3) is 6.87. The highest BCUT2D eigenvalue weighted by Gasteiger charge is 2.31. The first-order chi connectivity index (χ1) is 16.5. The van der Waals surface area contributed by atoms with Gasteiger partial charge in [0.15, 0.2) is 0 Å². The van der Waals surface area contributed by atoms with Crippen LogP contribution in [0.5, 0.6) is 5.75 Å². The summed E-state index contributed by atoms with van der Waals surface area (Å²) in [5, 5.41) is 3.07. The number of halogens is 1. The number of amides is 1. The van der Waals surface area contributed by atoms with Crippen molar-refractivity contribution in [3.05, 3.63) is 53.6 Å². The van der Waals surface area contributed by atoms with Crippen LogP contribution in [-0.2, 0) is 24.8 Å². The van der Waals surface area contributed by atoms with E-state index in [4.69, 9.17) is 16.3 Å². The molecule has 1 N–H and O–H groups in total. The van der Waals surface area contributed by atoms with Gasteiger partial charge in [0.2, 0.25) is 26.0 Å². The highest BCUT2D eigenvalue weighted by atomic mass is 35.5. The molecule has 1 heterocycles. The zero-order chi connectivity index (χ0) is 25.6. The fourth-order valence-corrected chi connectivity index (χ4v) is 6.82. The molecule has 9 nitrogen and oxygen atoms in total. The maximum Gasteiger partial charge on any atom is 0.244 e. The molecule has 0 spiro atoms. The van der Waals surface area contributed by atoms with Crippen molar-refractivity contribution in [3.63, 3.8) is 0 Å². The number of nitrogens with one attached hydrogen (secondary N) is 1. The van der Waals surface area contributed by atoms with Gasteiger partial charge in [-0.25, -0.2) is 16.8 Å². The van der Waals surface area contributed by atoms with Crippen molar-refractivity contribution in [1.82, 2.24) is 9.62 Å². The SMILES string of the molecule is CC[C@H](C(=O)NCCOc1ccc(S(=O)(=O)N2CCCC2)cc1)N(c1cccc(Cl)c1)S(C)(=O)=O. The van der Waals surface area contributed by atoms with Gasteiger partial charge in [-0.15, -0.1) is 0 Å². The highest BCUT2D eigenvalue weighted by Crippen LogP contribution is 2.26. The number of sulfonamides is 2. The molecule has 0 unspecified atom stereocenters. The lowest BCUT2D eigenvalue weighted by atomic mass is 10.2. The van der Waals surface area contributed by atoms with Gasteiger partial charge in [-0.1, -0.05) is 24.6 Å². The molecule has 0 aliphatic carbocycles. The third-order valence-electron chi connectivity index (χ3n) is 5.59. The molecule has 1 saturated heterocycles. The van der Waals surface area contributed by atoms with Crippen LogP contribution in [-0.4, -0.2) is 65.6 Å². The second-order valence-electron chi connectivity index (χ2n) is 8.18. The molecule has 1 aliphatic rings. The van der Waals surface area contributed by atoms with Crippen LogP contribution in [0.25, 0.3) is 0 Å². The van der Waals surface area contributed by atoms with Crippen LogP contribution in [0.4, 0.5) is 5.69 Å². The lowest BCUT2D eigenvalue weighted by Crippen LogP contribution is -2.50. The fourth-order valence-electron chi connectivity index (χ4n) is 3.92. The van der Waals surface area contributed by atoms with Gasteiger partial charge in [0.25, 0.3) is 0 Å². The zero-order valence-corrected chi connectivity index (χ0v) is 22.1.